The SMILES string of the molecule is Cc1ccc(C)c(NC(=O)C(c2ccccc2)n2c(=O)cnc3ccccc32)c1. The van der Waals surface area contributed by atoms with Crippen LogP contribution in [0, 0.1) is 13.8 Å². The van der Waals surface area contributed by atoms with E-state index < -0.39 is 6.04 Å². The van der Waals surface area contributed by atoms with E-state index in [1.807, 2.05) is 86.6 Å². The number of nitrogens with one attached hydrogen (secondary N) is 1. The molecule has 1 aromatic heterocycles. The van der Waals surface area contributed by atoms with E-state index in [0.717, 1.165) is 22.4 Å². The van der Waals surface area contributed by atoms with E-state index in [4.69, 9.17) is 0 Å². The van der Waals surface area contributed by atoms with Crippen molar-refractivity contribution >= 4 is 22.6 Å². The second-order valence-corrected chi connectivity index (χ2v) is 7.08. The van der Waals surface area contributed by atoms with E-state index in [2.05, 4.69) is 10.3 Å². The third kappa shape index (κ3) is 3.67. The molecule has 0 fully saturated rings. The van der Waals surface area contributed by atoms with Crippen molar-refractivity contribution in [2.75, 3.05) is 5.32 Å². The fourth-order valence-corrected chi connectivity index (χ4v) is 3.47. The smallest absolute Gasteiger partial charge is 0.270 e. The Morgan fingerprint density at radius 3 is 2.48 bits per heavy atom. The molecule has 0 aliphatic carbocycles. The summed E-state index contributed by atoms with van der Waals surface area (Å²) in [7, 11) is 0. The Balaban J connectivity index is 1.88. The second-order valence-electron chi connectivity index (χ2n) is 7.08. The van der Waals surface area contributed by atoms with Crippen molar-refractivity contribution in [3.05, 3.63) is 106 Å². The molecular weight excluding hydrogens is 362 g/mol. The number of carbonyl (C=O) groups is 1. The Hall–Kier alpha value is -3.73. The Kier molecular flexibility index (Phi) is 4.96. The molecule has 0 saturated heterocycles. The molecule has 4 rings (SSSR count). The molecule has 0 saturated carbocycles. The van der Waals surface area contributed by atoms with Gasteiger partial charge in [0.15, 0.2) is 0 Å². The summed E-state index contributed by atoms with van der Waals surface area (Å²) in [5, 5.41) is 3.02. The number of aryl methyl sites for hydroxylation is 2. The van der Waals surface area contributed by atoms with Crippen molar-refractivity contribution in [1.29, 1.82) is 0 Å². The molecule has 4 aromatic rings. The molecule has 1 amide bonds. The zero-order valence-corrected chi connectivity index (χ0v) is 16.3. The van der Waals surface area contributed by atoms with Gasteiger partial charge in [0, 0.05) is 5.69 Å². The predicted molar refractivity (Wildman–Crippen MR) is 115 cm³/mol. The summed E-state index contributed by atoms with van der Waals surface area (Å²) in [5.41, 5.74) is 4.43. The number of para-hydroxylation sites is 2. The maximum atomic E-state index is 13.5. The van der Waals surface area contributed by atoms with E-state index in [1.54, 1.807) is 0 Å². The van der Waals surface area contributed by atoms with Gasteiger partial charge in [-0.2, -0.15) is 0 Å². The minimum absolute atomic E-state index is 0.275. The van der Waals surface area contributed by atoms with Crippen LogP contribution in [-0.2, 0) is 4.79 Å². The number of anilines is 1. The lowest BCUT2D eigenvalue weighted by Gasteiger charge is -2.22. The van der Waals surface area contributed by atoms with Crippen LogP contribution < -0.4 is 10.9 Å². The molecule has 0 aliphatic heterocycles. The number of aromatic nitrogens is 2. The van der Waals surface area contributed by atoms with Gasteiger partial charge in [0.1, 0.15) is 6.04 Å². The first-order chi connectivity index (χ1) is 14.0. The molecule has 0 radical (unpaired) electrons. The third-order valence-corrected chi connectivity index (χ3v) is 4.97. The van der Waals surface area contributed by atoms with Crippen molar-refractivity contribution in [2.45, 2.75) is 19.9 Å². The second kappa shape index (κ2) is 7.72. The topological polar surface area (TPSA) is 64.0 Å². The van der Waals surface area contributed by atoms with Crippen LogP contribution in [0.2, 0.25) is 0 Å². The van der Waals surface area contributed by atoms with Crippen LogP contribution in [0.1, 0.15) is 22.7 Å². The molecule has 3 aromatic carbocycles. The number of nitrogens with zero attached hydrogens (tertiary/aromatic N) is 2. The first-order valence-electron chi connectivity index (χ1n) is 9.44. The van der Waals surface area contributed by atoms with Gasteiger partial charge in [-0.05, 0) is 48.7 Å². The number of hydrogen-bond acceptors (Lipinski definition) is 3. The van der Waals surface area contributed by atoms with Gasteiger partial charge in [-0.25, -0.2) is 4.98 Å². The van der Waals surface area contributed by atoms with Gasteiger partial charge in [-0.15, -0.1) is 0 Å². The lowest BCUT2D eigenvalue weighted by molar-refractivity contribution is -0.118. The lowest BCUT2D eigenvalue weighted by Crippen LogP contribution is -2.34. The van der Waals surface area contributed by atoms with Crippen molar-refractivity contribution in [1.82, 2.24) is 9.55 Å². The highest BCUT2D eigenvalue weighted by atomic mass is 16.2. The first-order valence-corrected chi connectivity index (χ1v) is 9.44. The Morgan fingerprint density at radius 2 is 1.69 bits per heavy atom. The van der Waals surface area contributed by atoms with Gasteiger partial charge in [0.05, 0.1) is 17.2 Å². The van der Waals surface area contributed by atoms with Gasteiger partial charge in [0.25, 0.3) is 11.5 Å². The van der Waals surface area contributed by atoms with E-state index >= 15 is 0 Å². The number of carbonyl (C=O) groups excluding carboxylic acids is 1. The highest BCUT2D eigenvalue weighted by molar-refractivity contribution is 5.97. The Labute approximate surface area is 168 Å². The minimum atomic E-state index is -0.823. The number of amides is 1. The highest BCUT2D eigenvalue weighted by Gasteiger charge is 2.26. The molecule has 0 spiro atoms. The van der Waals surface area contributed by atoms with E-state index in [-0.39, 0.29) is 11.5 Å². The summed E-state index contributed by atoms with van der Waals surface area (Å²) in [4.78, 5) is 30.5. The number of rotatable bonds is 4. The number of fused-ring (bicyclic) bond motifs is 1. The molecule has 29 heavy (non-hydrogen) atoms. The molecule has 1 heterocycles. The van der Waals surface area contributed by atoms with Crippen molar-refractivity contribution < 1.29 is 4.79 Å². The van der Waals surface area contributed by atoms with Crippen molar-refractivity contribution in [2.24, 2.45) is 0 Å². The predicted octanol–water partition coefficient (Wildman–Crippen LogP) is 4.24. The van der Waals surface area contributed by atoms with Crippen LogP contribution in [0.5, 0.6) is 0 Å². The molecule has 5 nitrogen and oxygen atoms in total. The van der Waals surface area contributed by atoms with Crippen LogP contribution in [0.4, 0.5) is 5.69 Å². The van der Waals surface area contributed by atoms with Gasteiger partial charge in [-0.1, -0.05) is 54.6 Å². The van der Waals surface area contributed by atoms with Gasteiger partial charge in [-0.3, -0.25) is 14.2 Å². The van der Waals surface area contributed by atoms with Gasteiger partial charge >= 0.3 is 0 Å². The number of hydrogen-bond donors (Lipinski definition) is 1. The normalized spacial score (nSPS) is 11.9. The van der Waals surface area contributed by atoms with Gasteiger partial charge < -0.3 is 5.32 Å². The summed E-state index contributed by atoms with van der Waals surface area (Å²) < 4.78 is 1.51. The molecule has 1 unspecified atom stereocenters. The Bertz CT molecular complexity index is 1250. The molecule has 1 N–H and O–H groups in total. The van der Waals surface area contributed by atoms with Crippen LogP contribution in [0.3, 0.4) is 0 Å². The third-order valence-electron chi connectivity index (χ3n) is 4.97. The average Bonchev–Trinajstić information content (AvgIpc) is 2.73. The highest BCUT2D eigenvalue weighted by Crippen LogP contribution is 2.24. The fraction of sp³-hybridized carbons (Fsp3) is 0.125. The molecular formula is C24H21N3O2. The summed E-state index contributed by atoms with van der Waals surface area (Å²) >= 11 is 0. The Morgan fingerprint density at radius 1 is 0.966 bits per heavy atom. The largest absolute Gasteiger partial charge is 0.324 e. The van der Waals surface area contributed by atoms with Crippen molar-refractivity contribution in [3.63, 3.8) is 0 Å². The van der Waals surface area contributed by atoms with E-state index in [9.17, 15) is 9.59 Å². The van der Waals surface area contributed by atoms with Crippen LogP contribution in [0.25, 0.3) is 11.0 Å². The van der Waals surface area contributed by atoms with Gasteiger partial charge in [0.2, 0.25) is 0 Å². The lowest BCUT2D eigenvalue weighted by atomic mass is 10.0. The van der Waals surface area contributed by atoms with E-state index in [1.165, 1.54) is 10.8 Å². The monoisotopic (exact) mass is 383 g/mol. The van der Waals surface area contributed by atoms with Crippen LogP contribution >= 0.6 is 0 Å². The van der Waals surface area contributed by atoms with Crippen LogP contribution in [0.15, 0.2) is 83.8 Å². The first kappa shape index (κ1) is 18.6. The summed E-state index contributed by atoms with van der Waals surface area (Å²) in [6.07, 6.45) is 1.27. The molecule has 0 bridgehead atoms. The zero-order chi connectivity index (χ0) is 20.4. The van der Waals surface area contributed by atoms with Crippen molar-refractivity contribution in [3.8, 4) is 0 Å². The zero-order valence-electron chi connectivity index (χ0n) is 16.3. The minimum Gasteiger partial charge on any atom is -0.324 e. The summed E-state index contributed by atoms with van der Waals surface area (Å²) in [6.45, 7) is 3.92. The quantitative estimate of drug-likeness (QED) is 0.573. The summed E-state index contributed by atoms with van der Waals surface area (Å²) in [6, 6.07) is 21.7. The maximum Gasteiger partial charge on any atom is 0.270 e. The molecule has 1 atom stereocenters. The number of benzene rings is 3. The van der Waals surface area contributed by atoms with E-state index in [0.29, 0.717) is 11.0 Å². The van der Waals surface area contributed by atoms with Crippen LogP contribution in [-0.4, -0.2) is 15.5 Å². The summed E-state index contributed by atoms with van der Waals surface area (Å²) in [5.74, 6) is -0.275. The fourth-order valence-electron chi connectivity index (χ4n) is 3.47. The molecule has 0 aliphatic rings. The average molecular weight is 383 g/mol. The molecule has 5 heteroatoms. The standard InChI is InChI=1S/C24H21N3O2/c1-16-12-13-17(2)20(14-16)26-24(29)23(18-8-4-3-5-9-18)27-21-11-7-6-10-19(21)25-15-22(27)28/h3-15,23H,1-2H3,(H,26,29). The molecule has 144 valence electrons. The maximum absolute atomic E-state index is 13.5.